The minimum absolute atomic E-state index is 0.173. The Balaban J connectivity index is 2.01. The molecule has 0 aromatic heterocycles. The fourth-order valence-corrected chi connectivity index (χ4v) is 4.28. The molecular formula is C17H28F2O5S. The second-order valence-electron chi connectivity index (χ2n) is 6.92. The van der Waals surface area contributed by atoms with Crippen molar-refractivity contribution in [3.8, 4) is 0 Å². The van der Waals surface area contributed by atoms with Crippen LogP contribution in [0.25, 0.3) is 0 Å². The van der Waals surface area contributed by atoms with Crippen LogP contribution in [0.2, 0.25) is 0 Å². The van der Waals surface area contributed by atoms with Crippen molar-refractivity contribution >= 4 is 18.0 Å². The van der Waals surface area contributed by atoms with Gasteiger partial charge in [0.1, 0.15) is 18.1 Å². The van der Waals surface area contributed by atoms with Gasteiger partial charge in [-0.05, 0) is 37.5 Å². The van der Waals surface area contributed by atoms with E-state index in [1.54, 1.807) is 0 Å². The summed E-state index contributed by atoms with van der Waals surface area (Å²) in [6, 6.07) is 0. The molecular weight excluding hydrogens is 354 g/mol. The number of carbonyl (C=O) groups excluding carboxylic acids is 1. The number of esters is 1. The Bertz CT molecular complexity index is 396. The summed E-state index contributed by atoms with van der Waals surface area (Å²) >= 11 is -0.404. The van der Waals surface area contributed by atoms with Crippen LogP contribution in [0.5, 0.6) is 0 Å². The molecule has 2 aliphatic carbocycles. The van der Waals surface area contributed by atoms with Crippen molar-refractivity contribution in [2.75, 3.05) is 7.11 Å². The number of hydrogen-bond acceptors (Lipinski definition) is 6. The molecule has 2 rings (SSSR count). The smallest absolute Gasteiger partial charge is 0.415 e. The zero-order chi connectivity index (χ0) is 18.1. The molecule has 146 valence electrons. The number of alkyl halides is 2. The maximum absolute atomic E-state index is 13.9. The maximum Gasteiger partial charge on any atom is 0.415 e. The number of rotatable bonds is 8. The Labute approximate surface area is 152 Å². The van der Waals surface area contributed by atoms with Crippen molar-refractivity contribution in [1.29, 1.82) is 0 Å². The van der Waals surface area contributed by atoms with E-state index in [-0.39, 0.29) is 11.8 Å². The van der Waals surface area contributed by atoms with Crippen LogP contribution in [-0.2, 0) is 23.8 Å². The highest BCUT2D eigenvalue weighted by Crippen LogP contribution is 2.39. The van der Waals surface area contributed by atoms with Crippen LogP contribution in [-0.4, -0.2) is 24.4 Å². The molecule has 0 heterocycles. The van der Waals surface area contributed by atoms with E-state index >= 15 is 0 Å². The van der Waals surface area contributed by atoms with Gasteiger partial charge in [-0.1, -0.05) is 50.0 Å². The molecule has 0 aromatic carbocycles. The second-order valence-corrected chi connectivity index (χ2v) is 7.74. The Morgan fingerprint density at radius 1 is 0.960 bits per heavy atom. The van der Waals surface area contributed by atoms with Gasteiger partial charge in [-0.2, -0.15) is 8.78 Å². The number of hydrogen-bond donors (Lipinski definition) is 0. The highest BCUT2D eigenvalue weighted by Gasteiger charge is 2.47. The first-order valence-electron chi connectivity index (χ1n) is 9.18. The Hall–Kier alpha value is -0.440. The van der Waals surface area contributed by atoms with Crippen LogP contribution in [0.4, 0.5) is 8.78 Å². The molecule has 1 atom stereocenters. The lowest BCUT2D eigenvalue weighted by Crippen LogP contribution is -2.39. The molecule has 0 amide bonds. The molecule has 0 spiro atoms. The van der Waals surface area contributed by atoms with Gasteiger partial charge in [-0.25, -0.2) is 9.68 Å². The zero-order valence-corrected chi connectivity index (χ0v) is 15.5. The van der Waals surface area contributed by atoms with Gasteiger partial charge in [0.2, 0.25) is 0 Å². The minimum atomic E-state index is -3.84. The van der Waals surface area contributed by atoms with Gasteiger partial charge in [0, 0.05) is 0 Å². The average Bonchev–Trinajstić information content (AvgIpc) is 2.89. The summed E-state index contributed by atoms with van der Waals surface area (Å²) in [7, 11) is 1.11. The van der Waals surface area contributed by atoms with E-state index < -0.39 is 29.4 Å². The third-order valence-electron chi connectivity index (χ3n) is 5.19. The molecule has 0 radical (unpaired) electrons. The van der Waals surface area contributed by atoms with Crippen molar-refractivity contribution in [3.05, 3.63) is 0 Å². The van der Waals surface area contributed by atoms with Gasteiger partial charge in [-0.15, -0.1) is 4.33 Å². The van der Waals surface area contributed by atoms with E-state index in [0.29, 0.717) is 0 Å². The largest absolute Gasteiger partial charge is 0.457 e. The van der Waals surface area contributed by atoms with Crippen molar-refractivity contribution in [3.63, 3.8) is 0 Å². The SMILES string of the molecule is COOOSC(F)(F)C(=O)OC(C1CCCCCC1)C1CCCCC1. The molecule has 0 aliphatic heterocycles. The van der Waals surface area contributed by atoms with Crippen molar-refractivity contribution < 1.29 is 32.6 Å². The Morgan fingerprint density at radius 3 is 1.92 bits per heavy atom. The second kappa shape index (κ2) is 10.6. The first-order valence-corrected chi connectivity index (χ1v) is 9.93. The number of halogens is 2. The van der Waals surface area contributed by atoms with Crippen LogP contribution in [0.3, 0.4) is 0 Å². The highest BCUT2D eigenvalue weighted by atomic mass is 32.2. The van der Waals surface area contributed by atoms with Gasteiger partial charge in [0.15, 0.2) is 0 Å². The summed E-state index contributed by atoms with van der Waals surface area (Å²) in [5, 5.41) is 0.112. The van der Waals surface area contributed by atoms with Crippen LogP contribution >= 0.6 is 12.0 Å². The average molecular weight is 382 g/mol. The van der Waals surface area contributed by atoms with E-state index in [4.69, 9.17) is 4.74 Å². The van der Waals surface area contributed by atoms with Gasteiger partial charge in [0.25, 0.3) is 0 Å². The lowest BCUT2D eigenvalue weighted by Gasteiger charge is -2.35. The van der Waals surface area contributed by atoms with Crippen molar-refractivity contribution in [2.24, 2.45) is 11.8 Å². The van der Waals surface area contributed by atoms with Crippen LogP contribution in [0.15, 0.2) is 0 Å². The molecule has 2 aliphatic rings. The third-order valence-corrected chi connectivity index (χ3v) is 5.69. The minimum Gasteiger partial charge on any atom is -0.457 e. The van der Waals surface area contributed by atoms with Gasteiger partial charge >= 0.3 is 11.2 Å². The molecule has 2 saturated carbocycles. The molecule has 0 saturated heterocycles. The predicted molar refractivity (Wildman–Crippen MR) is 89.4 cm³/mol. The van der Waals surface area contributed by atoms with Crippen LogP contribution in [0.1, 0.15) is 70.6 Å². The van der Waals surface area contributed by atoms with E-state index in [9.17, 15) is 13.6 Å². The summed E-state index contributed by atoms with van der Waals surface area (Å²) in [5.74, 6) is -1.21. The molecule has 1 unspecified atom stereocenters. The monoisotopic (exact) mass is 382 g/mol. The summed E-state index contributed by atoms with van der Waals surface area (Å²) in [6.45, 7) is 0. The van der Waals surface area contributed by atoms with Gasteiger partial charge in [-0.3, -0.25) is 0 Å². The quantitative estimate of drug-likeness (QED) is 0.144. The number of ether oxygens (including phenoxy) is 1. The summed E-state index contributed by atoms with van der Waals surface area (Å²) in [6.07, 6.45) is 11.1. The molecule has 8 heteroatoms. The lowest BCUT2D eigenvalue weighted by molar-refractivity contribution is -0.448. The molecule has 0 aromatic rings. The topological polar surface area (TPSA) is 54.0 Å². The van der Waals surface area contributed by atoms with E-state index in [2.05, 4.69) is 14.3 Å². The molecule has 5 nitrogen and oxygen atoms in total. The fraction of sp³-hybridized carbons (Fsp3) is 0.941. The molecule has 0 N–H and O–H groups in total. The standard InChI is InChI=1S/C17H28F2O5S/c1-21-23-24-25-17(18,19)16(20)22-15(14-11-7-4-8-12-14)13-9-5-2-3-6-10-13/h13-15H,2-12H2,1H3. The summed E-state index contributed by atoms with van der Waals surface area (Å²) in [4.78, 5) is 16.1. The Morgan fingerprint density at radius 2 is 1.44 bits per heavy atom. The maximum atomic E-state index is 13.9. The predicted octanol–water partition coefficient (Wildman–Crippen LogP) is 5.20. The van der Waals surface area contributed by atoms with E-state index in [1.165, 1.54) is 0 Å². The van der Waals surface area contributed by atoms with Crippen molar-refractivity contribution in [2.45, 2.75) is 82.0 Å². The number of carbonyl (C=O) groups is 1. The van der Waals surface area contributed by atoms with Gasteiger partial charge < -0.3 is 4.74 Å². The molecule has 25 heavy (non-hydrogen) atoms. The van der Waals surface area contributed by atoms with Crippen LogP contribution < -0.4 is 0 Å². The third kappa shape index (κ3) is 6.66. The summed E-state index contributed by atoms with van der Waals surface area (Å²) in [5.41, 5.74) is 0. The Kier molecular flexibility index (Phi) is 8.89. The first kappa shape index (κ1) is 20.9. The first-order chi connectivity index (χ1) is 12.0. The van der Waals surface area contributed by atoms with E-state index in [1.807, 2.05) is 0 Å². The van der Waals surface area contributed by atoms with Gasteiger partial charge in [0.05, 0.1) is 7.11 Å². The summed E-state index contributed by atoms with van der Waals surface area (Å²) < 4.78 is 37.4. The van der Waals surface area contributed by atoms with Crippen molar-refractivity contribution in [1.82, 2.24) is 0 Å². The van der Waals surface area contributed by atoms with E-state index in [0.717, 1.165) is 77.7 Å². The fourth-order valence-electron chi connectivity index (χ4n) is 3.99. The zero-order valence-electron chi connectivity index (χ0n) is 14.7. The molecule has 0 bridgehead atoms. The normalized spacial score (nSPS) is 22.4. The highest BCUT2D eigenvalue weighted by molar-refractivity contribution is 7.96. The van der Waals surface area contributed by atoms with Crippen LogP contribution in [0, 0.1) is 11.8 Å². The molecule has 2 fully saturated rings. The lowest BCUT2D eigenvalue weighted by atomic mass is 9.78.